The van der Waals surface area contributed by atoms with Crippen molar-refractivity contribution in [3.63, 3.8) is 0 Å². The minimum absolute atomic E-state index is 0.988. The van der Waals surface area contributed by atoms with Crippen LogP contribution in [0.25, 0.3) is 17.2 Å². The highest BCUT2D eigenvalue weighted by Gasteiger charge is 2.15. The van der Waals surface area contributed by atoms with Crippen LogP contribution in [0.2, 0.25) is 0 Å². The summed E-state index contributed by atoms with van der Waals surface area (Å²) in [6, 6.07) is 24.7. The number of allylic oxidation sites excluding steroid dienone is 1. The van der Waals surface area contributed by atoms with Gasteiger partial charge in [0.05, 0.1) is 0 Å². The van der Waals surface area contributed by atoms with E-state index in [-0.39, 0.29) is 0 Å². The maximum Gasteiger partial charge on any atom is 0.00693 e. The standard InChI is InChI=1S/C25H24S/c1-3-18-16-22-5-4-6-24(25(22)17-18)21-11-7-19(8-12-21)15-20-9-13-23(26-2)14-10-20/h4-14,17H,3,15-16H2,1-2H3. The molecule has 130 valence electrons. The molecule has 0 saturated carbocycles. The Hall–Kier alpha value is -2.25. The average molecular weight is 357 g/mol. The van der Waals surface area contributed by atoms with E-state index in [4.69, 9.17) is 0 Å². The molecule has 4 rings (SSSR count). The molecule has 1 heteroatoms. The Balaban J connectivity index is 1.57. The maximum atomic E-state index is 2.39. The first-order valence-corrected chi connectivity index (χ1v) is 10.5. The van der Waals surface area contributed by atoms with Crippen LogP contribution >= 0.6 is 11.8 Å². The van der Waals surface area contributed by atoms with Gasteiger partial charge in [0.15, 0.2) is 0 Å². The average Bonchev–Trinajstić information content (AvgIpc) is 3.13. The van der Waals surface area contributed by atoms with E-state index in [1.807, 2.05) is 0 Å². The normalized spacial score (nSPS) is 12.8. The number of rotatable bonds is 5. The second kappa shape index (κ2) is 7.55. The summed E-state index contributed by atoms with van der Waals surface area (Å²) in [5.41, 5.74) is 9.84. The highest BCUT2D eigenvalue weighted by atomic mass is 32.2. The van der Waals surface area contributed by atoms with Gasteiger partial charge in [0.1, 0.15) is 0 Å². The molecule has 0 fully saturated rings. The molecule has 0 N–H and O–H groups in total. The third-order valence-corrected chi connectivity index (χ3v) is 5.99. The Morgan fingerprint density at radius 3 is 2.19 bits per heavy atom. The van der Waals surface area contributed by atoms with Gasteiger partial charge in [-0.25, -0.2) is 0 Å². The lowest BCUT2D eigenvalue weighted by Gasteiger charge is -2.09. The van der Waals surface area contributed by atoms with E-state index in [1.54, 1.807) is 11.8 Å². The molecule has 0 radical (unpaired) electrons. The molecule has 0 saturated heterocycles. The predicted molar refractivity (Wildman–Crippen MR) is 115 cm³/mol. The summed E-state index contributed by atoms with van der Waals surface area (Å²) in [6.45, 7) is 2.25. The number of hydrogen-bond donors (Lipinski definition) is 0. The maximum absolute atomic E-state index is 2.39. The highest BCUT2D eigenvalue weighted by molar-refractivity contribution is 7.98. The smallest absolute Gasteiger partial charge is 0.00693 e. The number of thioether (sulfide) groups is 1. The monoisotopic (exact) mass is 356 g/mol. The Bertz CT molecular complexity index is 931. The van der Waals surface area contributed by atoms with Gasteiger partial charge in [-0.15, -0.1) is 11.8 Å². The minimum Gasteiger partial charge on any atom is -0.130 e. The van der Waals surface area contributed by atoms with Crippen molar-refractivity contribution in [3.8, 4) is 11.1 Å². The molecule has 0 atom stereocenters. The second-order valence-electron chi connectivity index (χ2n) is 6.93. The van der Waals surface area contributed by atoms with E-state index in [9.17, 15) is 0 Å². The molecule has 1 aliphatic carbocycles. The molecular weight excluding hydrogens is 332 g/mol. The summed E-state index contributed by atoms with van der Waals surface area (Å²) in [5, 5.41) is 0. The summed E-state index contributed by atoms with van der Waals surface area (Å²) in [7, 11) is 0. The second-order valence-corrected chi connectivity index (χ2v) is 7.81. The molecular formula is C25H24S. The van der Waals surface area contributed by atoms with E-state index in [2.05, 4.69) is 86.0 Å². The van der Waals surface area contributed by atoms with Gasteiger partial charge in [0.25, 0.3) is 0 Å². The summed E-state index contributed by atoms with van der Waals surface area (Å²) in [6.07, 6.45) is 7.76. The first-order chi connectivity index (χ1) is 12.8. The van der Waals surface area contributed by atoms with Crippen LogP contribution in [0.5, 0.6) is 0 Å². The Morgan fingerprint density at radius 2 is 1.54 bits per heavy atom. The zero-order valence-corrected chi connectivity index (χ0v) is 16.3. The van der Waals surface area contributed by atoms with E-state index in [0.29, 0.717) is 0 Å². The fourth-order valence-corrected chi connectivity index (χ4v) is 4.11. The first-order valence-electron chi connectivity index (χ1n) is 9.30. The van der Waals surface area contributed by atoms with Gasteiger partial charge in [0.2, 0.25) is 0 Å². The summed E-state index contributed by atoms with van der Waals surface area (Å²) in [5.74, 6) is 0. The van der Waals surface area contributed by atoms with E-state index in [1.165, 1.54) is 43.8 Å². The third kappa shape index (κ3) is 3.50. The van der Waals surface area contributed by atoms with Crippen LogP contribution in [0.15, 0.2) is 77.2 Å². The van der Waals surface area contributed by atoms with Crippen molar-refractivity contribution in [2.75, 3.05) is 6.26 Å². The molecule has 1 aliphatic rings. The largest absolute Gasteiger partial charge is 0.130 e. The fourth-order valence-electron chi connectivity index (χ4n) is 3.70. The van der Waals surface area contributed by atoms with Gasteiger partial charge in [0, 0.05) is 4.90 Å². The lowest BCUT2D eigenvalue weighted by atomic mass is 9.95. The van der Waals surface area contributed by atoms with Gasteiger partial charge in [-0.2, -0.15) is 0 Å². The molecule has 0 nitrogen and oxygen atoms in total. The van der Waals surface area contributed by atoms with Crippen molar-refractivity contribution in [1.82, 2.24) is 0 Å². The number of benzene rings is 3. The van der Waals surface area contributed by atoms with Gasteiger partial charge in [-0.05, 0) is 71.0 Å². The van der Waals surface area contributed by atoms with E-state index >= 15 is 0 Å². The van der Waals surface area contributed by atoms with E-state index < -0.39 is 0 Å². The van der Waals surface area contributed by atoms with Crippen molar-refractivity contribution in [2.24, 2.45) is 0 Å². The van der Waals surface area contributed by atoms with Gasteiger partial charge in [-0.1, -0.05) is 73.2 Å². The molecule has 0 amide bonds. The third-order valence-electron chi connectivity index (χ3n) is 5.25. The zero-order chi connectivity index (χ0) is 17.9. The molecule has 0 heterocycles. The van der Waals surface area contributed by atoms with Crippen molar-refractivity contribution < 1.29 is 0 Å². The first kappa shape index (κ1) is 17.2. The molecule has 0 aromatic heterocycles. The van der Waals surface area contributed by atoms with Crippen LogP contribution in [0.1, 0.15) is 35.6 Å². The predicted octanol–water partition coefficient (Wildman–Crippen LogP) is 7.02. The Labute approximate surface area is 161 Å². The van der Waals surface area contributed by atoms with Gasteiger partial charge >= 0.3 is 0 Å². The molecule has 3 aromatic carbocycles. The summed E-state index contributed by atoms with van der Waals surface area (Å²) < 4.78 is 0. The summed E-state index contributed by atoms with van der Waals surface area (Å²) in [4.78, 5) is 1.32. The molecule has 0 unspecified atom stereocenters. The Morgan fingerprint density at radius 1 is 0.846 bits per heavy atom. The summed E-state index contributed by atoms with van der Waals surface area (Å²) >= 11 is 1.79. The van der Waals surface area contributed by atoms with Crippen molar-refractivity contribution in [3.05, 3.63) is 94.6 Å². The molecule has 0 bridgehead atoms. The quantitative estimate of drug-likeness (QED) is 0.443. The number of fused-ring (bicyclic) bond motifs is 1. The molecule has 0 spiro atoms. The molecule has 26 heavy (non-hydrogen) atoms. The fraction of sp³-hybridized carbons (Fsp3) is 0.200. The van der Waals surface area contributed by atoms with Crippen LogP contribution in [-0.4, -0.2) is 6.26 Å². The van der Waals surface area contributed by atoms with Crippen LogP contribution in [0, 0.1) is 0 Å². The van der Waals surface area contributed by atoms with Crippen molar-refractivity contribution in [2.45, 2.75) is 31.1 Å². The topological polar surface area (TPSA) is 0 Å². The minimum atomic E-state index is 0.988. The van der Waals surface area contributed by atoms with Crippen LogP contribution in [-0.2, 0) is 12.8 Å². The van der Waals surface area contributed by atoms with Crippen LogP contribution in [0.4, 0.5) is 0 Å². The molecule has 3 aromatic rings. The lowest BCUT2D eigenvalue weighted by Crippen LogP contribution is -1.90. The van der Waals surface area contributed by atoms with Crippen LogP contribution in [0.3, 0.4) is 0 Å². The highest BCUT2D eigenvalue weighted by Crippen LogP contribution is 2.35. The number of hydrogen-bond acceptors (Lipinski definition) is 1. The van der Waals surface area contributed by atoms with Crippen molar-refractivity contribution in [1.29, 1.82) is 0 Å². The van der Waals surface area contributed by atoms with Crippen molar-refractivity contribution >= 4 is 17.8 Å². The molecule has 0 aliphatic heterocycles. The van der Waals surface area contributed by atoms with Gasteiger partial charge in [-0.3, -0.25) is 0 Å². The van der Waals surface area contributed by atoms with Gasteiger partial charge < -0.3 is 0 Å². The SMILES string of the molecule is CCC1=Cc2c(cccc2-c2ccc(Cc3ccc(SC)cc3)cc2)C1. The Kier molecular flexibility index (Phi) is 4.99. The lowest BCUT2D eigenvalue weighted by molar-refractivity contribution is 1.04. The van der Waals surface area contributed by atoms with E-state index in [0.717, 1.165) is 19.3 Å². The van der Waals surface area contributed by atoms with Crippen LogP contribution < -0.4 is 0 Å². The zero-order valence-electron chi connectivity index (χ0n) is 15.5.